The molecule has 1 amide bonds. The van der Waals surface area contributed by atoms with E-state index in [-0.39, 0.29) is 24.4 Å². The quantitative estimate of drug-likeness (QED) is 0.894. The van der Waals surface area contributed by atoms with Gasteiger partial charge in [0.2, 0.25) is 5.91 Å². The van der Waals surface area contributed by atoms with Crippen molar-refractivity contribution in [3.8, 4) is 0 Å². The van der Waals surface area contributed by atoms with E-state index in [1.54, 1.807) is 6.92 Å². The fraction of sp³-hybridized carbons (Fsp3) is 0.417. The molecule has 3 nitrogen and oxygen atoms in total. The van der Waals surface area contributed by atoms with Crippen LogP contribution in [0, 0.1) is 0 Å². The number of hydrogen-bond acceptors (Lipinski definition) is 2. The van der Waals surface area contributed by atoms with Crippen LogP contribution >= 0.6 is 28.3 Å². The Labute approximate surface area is 117 Å². The van der Waals surface area contributed by atoms with Gasteiger partial charge in [-0.05, 0) is 38.0 Å². The lowest BCUT2D eigenvalue weighted by Gasteiger charge is -2.15. The molecule has 17 heavy (non-hydrogen) atoms. The third-order valence-corrected chi connectivity index (χ3v) is 2.79. The fourth-order valence-electron chi connectivity index (χ4n) is 1.40. The van der Waals surface area contributed by atoms with Crippen molar-refractivity contribution >= 4 is 34.2 Å². The van der Waals surface area contributed by atoms with E-state index in [4.69, 9.17) is 5.73 Å². The largest absolute Gasteiger partial charge is 0.352 e. The molecule has 0 fully saturated rings. The summed E-state index contributed by atoms with van der Waals surface area (Å²) in [6.45, 7) is 3.66. The van der Waals surface area contributed by atoms with E-state index in [1.807, 2.05) is 31.2 Å². The molecule has 0 spiro atoms. The van der Waals surface area contributed by atoms with Crippen LogP contribution in [-0.4, -0.2) is 18.0 Å². The highest BCUT2D eigenvalue weighted by atomic mass is 79.9. The molecule has 1 aromatic carbocycles. The van der Waals surface area contributed by atoms with Gasteiger partial charge in [-0.3, -0.25) is 4.79 Å². The smallest absolute Gasteiger partial charge is 0.236 e. The van der Waals surface area contributed by atoms with Crippen molar-refractivity contribution in [1.82, 2.24) is 5.32 Å². The van der Waals surface area contributed by atoms with Crippen LogP contribution in [0.1, 0.15) is 19.4 Å². The van der Waals surface area contributed by atoms with Crippen LogP contribution in [0.4, 0.5) is 0 Å². The molecule has 2 atom stereocenters. The minimum atomic E-state index is -0.452. The Morgan fingerprint density at radius 3 is 2.35 bits per heavy atom. The predicted molar refractivity (Wildman–Crippen MR) is 76.3 cm³/mol. The lowest BCUT2D eigenvalue weighted by molar-refractivity contribution is -0.122. The van der Waals surface area contributed by atoms with Crippen LogP contribution in [0.2, 0.25) is 0 Å². The second-order valence-corrected chi connectivity index (χ2v) is 4.94. The highest BCUT2D eigenvalue weighted by Crippen LogP contribution is 2.11. The zero-order valence-electron chi connectivity index (χ0n) is 9.94. The van der Waals surface area contributed by atoms with E-state index < -0.39 is 6.04 Å². The van der Waals surface area contributed by atoms with E-state index in [9.17, 15) is 4.79 Å². The summed E-state index contributed by atoms with van der Waals surface area (Å²) in [6, 6.07) is 7.72. The number of nitrogens with one attached hydrogen (secondary N) is 1. The maximum absolute atomic E-state index is 11.4. The summed E-state index contributed by atoms with van der Waals surface area (Å²) in [5.74, 6) is -0.107. The Morgan fingerprint density at radius 1 is 1.35 bits per heavy atom. The molecule has 1 rings (SSSR count). The summed E-state index contributed by atoms with van der Waals surface area (Å²) in [6.07, 6.45) is 0.811. The van der Waals surface area contributed by atoms with Crippen LogP contribution in [0.25, 0.3) is 0 Å². The molecule has 0 aliphatic rings. The van der Waals surface area contributed by atoms with E-state index in [2.05, 4.69) is 21.2 Å². The Hall–Kier alpha value is -0.580. The Kier molecular flexibility index (Phi) is 7.43. The van der Waals surface area contributed by atoms with E-state index in [0.29, 0.717) is 0 Å². The molecule has 0 radical (unpaired) electrons. The number of benzene rings is 1. The first-order chi connectivity index (χ1) is 7.49. The van der Waals surface area contributed by atoms with Crippen molar-refractivity contribution in [3.63, 3.8) is 0 Å². The maximum Gasteiger partial charge on any atom is 0.236 e. The van der Waals surface area contributed by atoms with Crippen molar-refractivity contribution in [2.24, 2.45) is 5.73 Å². The zero-order valence-corrected chi connectivity index (χ0v) is 12.3. The molecule has 0 aromatic heterocycles. The van der Waals surface area contributed by atoms with Crippen LogP contribution in [0.15, 0.2) is 28.7 Å². The second-order valence-electron chi connectivity index (χ2n) is 4.03. The monoisotopic (exact) mass is 320 g/mol. The van der Waals surface area contributed by atoms with Crippen LogP contribution < -0.4 is 11.1 Å². The topological polar surface area (TPSA) is 55.1 Å². The van der Waals surface area contributed by atoms with Gasteiger partial charge >= 0.3 is 0 Å². The van der Waals surface area contributed by atoms with Crippen molar-refractivity contribution in [2.75, 3.05) is 0 Å². The zero-order chi connectivity index (χ0) is 12.1. The number of amides is 1. The molecule has 1 aromatic rings. The van der Waals surface area contributed by atoms with Crippen LogP contribution in [0.5, 0.6) is 0 Å². The first-order valence-electron chi connectivity index (χ1n) is 5.29. The number of rotatable bonds is 4. The SMILES string of the molecule is CC(Cc1ccc(Br)cc1)NC(=O)[C@H](C)N.Cl. The maximum atomic E-state index is 11.4. The second kappa shape index (κ2) is 7.69. The lowest BCUT2D eigenvalue weighted by atomic mass is 10.1. The van der Waals surface area contributed by atoms with Gasteiger partial charge in [-0.25, -0.2) is 0 Å². The highest BCUT2D eigenvalue weighted by Gasteiger charge is 2.11. The third-order valence-electron chi connectivity index (χ3n) is 2.26. The first-order valence-corrected chi connectivity index (χ1v) is 6.08. The van der Waals surface area contributed by atoms with Crippen molar-refractivity contribution in [3.05, 3.63) is 34.3 Å². The number of carbonyl (C=O) groups excluding carboxylic acids is 1. The number of hydrogen-bond donors (Lipinski definition) is 2. The van der Waals surface area contributed by atoms with Gasteiger partial charge in [0.05, 0.1) is 6.04 Å². The van der Waals surface area contributed by atoms with Gasteiger partial charge in [0.15, 0.2) is 0 Å². The molecular weight excluding hydrogens is 304 g/mol. The predicted octanol–water partition coefficient (Wildman–Crippen LogP) is 2.27. The summed E-state index contributed by atoms with van der Waals surface area (Å²) in [7, 11) is 0. The van der Waals surface area contributed by atoms with Gasteiger partial charge in [0.1, 0.15) is 0 Å². The first kappa shape index (κ1) is 16.4. The van der Waals surface area contributed by atoms with Gasteiger partial charge in [-0.2, -0.15) is 0 Å². The van der Waals surface area contributed by atoms with Gasteiger partial charge in [-0.15, -0.1) is 12.4 Å². The van der Waals surface area contributed by atoms with Gasteiger partial charge in [0.25, 0.3) is 0 Å². The van der Waals surface area contributed by atoms with Crippen LogP contribution in [-0.2, 0) is 11.2 Å². The van der Waals surface area contributed by atoms with E-state index >= 15 is 0 Å². The molecule has 1 unspecified atom stereocenters. The minimum absolute atomic E-state index is 0. The molecule has 0 saturated heterocycles. The molecule has 0 heterocycles. The van der Waals surface area contributed by atoms with E-state index in [0.717, 1.165) is 10.9 Å². The summed E-state index contributed by atoms with van der Waals surface area (Å²) in [5.41, 5.74) is 6.67. The number of nitrogens with two attached hydrogens (primary N) is 1. The molecule has 0 saturated carbocycles. The molecule has 96 valence electrons. The highest BCUT2D eigenvalue weighted by molar-refractivity contribution is 9.10. The summed E-state index contributed by atoms with van der Waals surface area (Å²) >= 11 is 3.38. The fourth-order valence-corrected chi connectivity index (χ4v) is 1.66. The Balaban J connectivity index is 0.00000256. The minimum Gasteiger partial charge on any atom is -0.352 e. The van der Waals surface area contributed by atoms with Crippen molar-refractivity contribution in [2.45, 2.75) is 32.4 Å². The average molecular weight is 322 g/mol. The summed E-state index contributed by atoms with van der Waals surface area (Å²) in [4.78, 5) is 11.4. The summed E-state index contributed by atoms with van der Waals surface area (Å²) < 4.78 is 1.06. The molecule has 0 bridgehead atoms. The molecule has 3 N–H and O–H groups in total. The van der Waals surface area contributed by atoms with Gasteiger partial charge in [-0.1, -0.05) is 28.1 Å². The molecular formula is C12H18BrClN2O. The average Bonchev–Trinajstić information content (AvgIpc) is 2.21. The standard InChI is InChI=1S/C12H17BrN2O.ClH/c1-8(15-12(16)9(2)14)7-10-3-5-11(13)6-4-10;/h3-6,8-9H,7,14H2,1-2H3,(H,15,16);1H/t8?,9-;/m0./s1. The van der Waals surface area contributed by atoms with E-state index in [1.165, 1.54) is 5.56 Å². The third kappa shape index (κ3) is 6.05. The van der Waals surface area contributed by atoms with Crippen molar-refractivity contribution < 1.29 is 4.79 Å². The molecule has 5 heteroatoms. The molecule has 0 aliphatic heterocycles. The van der Waals surface area contributed by atoms with Crippen LogP contribution in [0.3, 0.4) is 0 Å². The molecule has 0 aliphatic carbocycles. The Morgan fingerprint density at radius 2 is 1.88 bits per heavy atom. The lowest BCUT2D eigenvalue weighted by Crippen LogP contribution is -2.43. The number of halogens is 2. The normalized spacial score (nSPS) is 13.4. The summed E-state index contributed by atoms with van der Waals surface area (Å²) in [5, 5.41) is 2.87. The van der Waals surface area contributed by atoms with Gasteiger partial charge in [0, 0.05) is 10.5 Å². The Bertz CT molecular complexity index is 354. The van der Waals surface area contributed by atoms with Crippen molar-refractivity contribution in [1.29, 1.82) is 0 Å². The number of carbonyl (C=O) groups is 1. The van der Waals surface area contributed by atoms with Gasteiger partial charge < -0.3 is 11.1 Å².